The van der Waals surface area contributed by atoms with E-state index in [1.54, 1.807) is 31.2 Å². The van der Waals surface area contributed by atoms with Crippen LogP contribution in [0.4, 0.5) is 5.69 Å². The molecular weight excluding hydrogens is 292 g/mol. The van der Waals surface area contributed by atoms with Gasteiger partial charge in [0.25, 0.3) is 0 Å². The summed E-state index contributed by atoms with van der Waals surface area (Å²) in [7, 11) is 0. The normalized spacial score (nSPS) is 18.4. The number of carbonyl (C=O) groups excluding carboxylic acids is 2. The molecular formula is C18H26N2O3. The first-order valence-electron chi connectivity index (χ1n) is 8.38. The topological polar surface area (TPSA) is 58.6 Å². The second-order valence-electron chi connectivity index (χ2n) is 6.14. The Bertz CT molecular complexity index is 528. The van der Waals surface area contributed by atoms with Crippen LogP contribution in [-0.4, -0.2) is 43.0 Å². The first kappa shape index (κ1) is 17.5. The van der Waals surface area contributed by atoms with E-state index in [0.717, 1.165) is 25.6 Å². The average Bonchev–Trinajstić information content (AvgIpc) is 2.54. The number of hydrogen-bond donors (Lipinski definition) is 1. The molecule has 5 nitrogen and oxygen atoms in total. The standard InChI is InChI=1S/C18H26N2O3/c1-3-23-18(22)15-6-8-16(9-7-15)19-17(21)10-12-20-11-4-5-14(2)13-20/h6-9,14H,3-5,10-13H2,1-2H3,(H,19,21). The molecule has 5 heteroatoms. The van der Waals surface area contributed by atoms with Crippen LogP contribution in [-0.2, 0) is 9.53 Å². The summed E-state index contributed by atoms with van der Waals surface area (Å²) < 4.78 is 4.93. The third-order valence-corrected chi connectivity index (χ3v) is 4.08. The fourth-order valence-corrected chi connectivity index (χ4v) is 2.88. The SMILES string of the molecule is CCOC(=O)c1ccc(NC(=O)CCN2CCCC(C)C2)cc1. The molecule has 1 aliphatic heterocycles. The largest absolute Gasteiger partial charge is 0.462 e. The predicted octanol–water partition coefficient (Wildman–Crippen LogP) is 2.92. The highest BCUT2D eigenvalue weighted by Gasteiger charge is 2.16. The van der Waals surface area contributed by atoms with Crippen LogP contribution >= 0.6 is 0 Å². The lowest BCUT2D eigenvalue weighted by molar-refractivity contribution is -0.116. The number of hydrogen-bond acceptors (Lipinski definition) is 4. The molecule has 1 aliphatic rings. The number of benzene rings is 1. The van der Waals surface area contributed by atoms with Gasteiger partial charge in [0.15, 0.2) is 0 Å². The molecule has 0 spiro atoms. The van der Waals surface area contributed by atoms with E-state index in [4.69, 9.17) is 4.74 Å². The quantitative estimate of drug-likeness (QED) is 0.819. The van der Waals surface area contributed by atoms with Gasteiger partial charge < -0.3 is 15.0 Å². The Kier molecular flexibility index (Phi) is 6.59. The van der Waals surface area contributed by atoms with E-state index >= 15 is 0 Å². The Morgan fingerprint density at radius 3 is 2.70 bits per heavy atom. The number of piperidine rings is 1. The average molecular weight is 318 g/mol. The van der Waals surface area contributed by atoms with E-state index in [1.165, 1.54) is 12.8 Å². The van der Waals surface area contributed by atoms with Crippen molar-refractivity contribution in [2.24, 2.45) is 5.92 Å². The van der Waals surface area contributed by atoms with Gasteiger partial charge in [-0.3, -0.25) is 4.79 Å². The lowest BCUT2D eigenvalue weighted by Crippen LogP contribution is -2.36. The van der Waals surface area contributed by atoms with E-state index in [-0.39, 0.29) is 11.9 Å². The van der Waals surface area contributed by atoms with E-state index in [1.807, 2.05) is 0 Å². The molecule has 0 bridgehead atoms. The molecule has 0 saturated carbocycles. The van der Waals surface area contributed by atoms with E-state index in [0.29, 0.717) is 24.3 Å². The number of nitrogens with one attached hydrogen (secondary N) is 1. The van der Waals surface area contributed by atoms with Crippen LogP contribution in [0.15, 0.2) is 24.3 Å². The molecule has 1 N–H and O–H groups in total. The van der Waals surface area contributed by atoms with Crippen molar-refractivity contribution in [2.75, 3.05) is 31.6 Å². The molecule has 126 valence electrons. The molecule has 1 unspecified atom stereocenters. The highest BCUT2D eigenvalue weighted by atomic mass is 16.5. The van der Waals surface area contributed by atoms with Crippen molar-refractivity contribution in [3.05, 3.63) is 29.8 Å². The first-order valence-corrected chi connectivity index (χ1v) is 8.38. The van der Waals surface area contributed by atoms with Crippen molar-refractivity contribution in [3.8, 4) is 0 Å². The predicted molar refractivity (Wildman–Crippen MR) is 90.5 cm³/mol. The van der Waals surface area contributed by atoms with Crippen LogP contribution < -0.4 is 5.32 Å². The second-order valence-corrected chi connectivity index (χ2v) is 6.14. The monoisotopic (exact) mass is 318 g/mol. The van der Waals surface area contributed by atoms with Gasteiger partial charge in [0.2, 0.25) is 5.91 Å². The van der Waals surface area contributed by atoms with Crippen LogP contribution in [0.2, 0.25) is 0 Å². The molecule has 2 rings (SSSR count). The minimum absolute atomic E-state index is 0.00658. The molecule has 1 amide bonds. The van der Waals surface area contributed by atoms with Gasteiger partial charge in [0, 0.05) is 25.2 Å². The van der Waals surface area contributed by atoms with Crippen molar-refractivity contribution >= 4 is 17.6 Å². The maximum absolute atomic E-state index is 12.0. The molecule has 23 heavy (non-hydrogen) atoms. The van der Waals surface area contributed by atoms with Gasteiger partial charge in [-0.05, 0) is 56.5 Å². The zero-order chi connectivity index (χ0) is 16.7. The van der Waals surface area contributed by atoms with Crippen LogP contribution in [0.3, 0.4) is 0 Å². The number of esters is 1. The summed E-state index contributed by atoms with van der Waals surface area (Å²) in [5.41, 5.74) is 1.20. The summed E-state index contributed by atoms with van der Waals surface area (Å²) in [5, 5.41) is 2.87. The maximum Gasteiger partial charge on any atom is 0.338 e. The fraction of sp³-hybridized carbons (Fsp3) is 0.556. The zero-order valence-corrected chi connectivity index (χ0v) is 14.0. The van der Waals surface area contributed by atoms with Crippen LogP contribution in [0.25, 0.3) is 0 Å². The molecule has 1 aromatic rings. The molecule has 1 aromatic carbocycles. The molecule has 1 saturated heterocycles. The number of amides is 1. The van der Waals surface area contributed by atoms with Crippen molar-refractivity contribution in [1.29, 1.82) is 0 Å². The highest BCUT2D eigenvalue weighted by molar-refractivity contribution is 5.93. The number of anilines is 1. The van der Waals surface area contributed by atoms with Crippen molar-refractivity contribution in [1.82, 2.24) is 4.90 Å². The van der Waals surface area contributed by atoms with Gasteiger partial charge >= 0.3 is 5.97 Å². The maximum atomic E-state index is 12.0. The highest BCUT2D eigenvalue weighted by Crippen LogP contribution is 2.16. The minimum Gasteiger partial charge on any atom is -0.462 e. The van der Waals surface area contributed by atoms with Crippen LogP contribution in [0, 0.1) is 5.92 Å². The Morgan fingerprint density at radius 2 is 2.04 bits per heavy atom. The number of carbonyl (C=O) groups is 2. The van der Waals surface area contributed by atoms with Crippen molar-refractivity contribution < 1.29 is 14.3 Å². The molecule has 0 aliphatic carbocycles. The molecule has 1 heterocycles. The summed E-state index contributed by atoms with van der Waals surface area (Å²) in [5.74, 6) is 0.388. The summed E-state index contributed by atoms with van der Waals surface area (Å²) in [6.45, 7) is 7.36. The Labute approximate surface area is 138 Å². The summed E-state index contributed by atoms with van der Waals surface area (Å²) >= 11 is 0. The lowest BCUT2D eigenvalue weighted by atomic mass is 10.0. The molecule has 0 radical (unpaired) electrons. The summed E-state index contributed by atoms with van der Waals surface area (Å²) in [6.07, 6.45) is 3.00. The van der Waals surface area contributed by atoms with E-state index < -0.39 is 0 Å². The number of ether oxygens (including phenoxy) is 1. The van der Waals surface area contributed by atoms with Gasteiger partial charge in [-0.1, -0.05) is 6.92 Å². The van der Waals surface area contributed by atoms with Crippen LogP contribution in [0.1, 0.15) is 43.5 Å². The van der Waals surface area contributed by atoms with E-state index in [9.17, 15) is 9.59 Å². The molecule has 0 aromatic heterocycles. The van der Waals surface area contributed by atoms with Crippen LogP contribution in [0.5, 0.6) is 0 Å². The lowest BCUT2D eigenvalue weighted by Gasteiger charge is -2.30. The van der Waals surface area contributed by atoms with Gasteiger partial charge in [-0.15, -0.1) is 0 Å². The molecule has 1 fully saturated rings. The van der Waals surface area contributed by atoms with Crippen molar-refractivity contribution in [3.63, 3.8) is 0 Å². The second kappa shape index (κ2) is 8.67. The minimum atomic E-state index is -0.343. The smallest absolute Gasteiger partial charge is 0.338 e. The van der Waals surface area contributed by atoms with Gasteiger partial charge in [-0.25, -0.2) is 4.79 Å². The number of rotatable bonds is 6. The first-order chi connectivity index (χ1) is 11.1. The fourth-order valence-electron chi connectivity index (χ4n) is 2.88. The molecule has 1 atom stereocenters. The van der Waals surface area contributed by atoms with Gasteiger partial charge in [0.1, 0.15) is 0 Å². The zero-order valence-electron chi connectivity index (χ0n) is 14.0. The summed E-state index contributed by atoms with van der Waals surface area (Å²) in [6, 6.07) is 6.79. The third kappa shape index (κ3) is 5.67. The number of likely N-dealkylation sites (tertiary alicyclic amines) is 1. The summed E-state index contributed by atoms with van der Waals surface area (Å²) in [4.78, 5) is 26.0. The third-order valence-electron chi connectivity index (χ3n) is 4.08. The van der Waals surface area contributed by atoms with E-state index in [2.05, 4.69) is 17.1 Å². The van der Waals surface area contributed by atoms with Gasteiger partial charge in [-0.2, -0.15) is 0 Å². The van der Waals surface area contributed by atoms with Crippen molar-refractivity contribution in [2.45, 2.75) is 33.1 Å². The van der Waals surface area contributed by atoms with Gasteiger partial charge in [0.05, 0.1) is 12.2 Å². The number of nitrogens with zero attached hydrogens (tertiary/aromatic N) is 1. The Balaban J connectivity index is 1.77. The Hall–Kier alpha value is -1.88. The Morgan fingerprint density at radius 1 is 1.30 bits per heavy atom.